The highest BCUT2D eigenvalue weighted by Gasteiger charge is 2.36. The molecule has 108 valence electrons. The smallest absolute Gasteiger partial charge is 0.254 e. The van der Waals surface area contributed by atoms with Gasteiger partial charge in [0, 0.05) is 18.5 Å². The summed E-state index contributed by atoms with van der Waals surface area (Å²) in [7, 11) is 0. The summed E-state index contributed by atoms with van der Waals surface area (Å²) in [4.78, 5) is 15.0. The number of aromatic amines is 1. The number of aryl methyl sites for hydroxylation is 1. The van der Waals surface area contributed by atoms with Gasteiger partial charge in [0.1, 0.15) is 0 Å². The Kier molecular flexibility index (Phi) is 2.84. The standard InChI is InChI=1S/C17H19N3O/c1-11-6-7-15-14(8-18-19-15)16(11)17(21)20-9-12-4-2-3-5-13(12)10-20/h2-3,6-8,12-13H,4-5,9-10H2,1H3,(H,18,19)/t12-,13+. The SMILES string of the molecule is Cc1ccc2[nH]ncc2c1C(=O)N1C[C@H]2CC=CC[C@H]2C1. The van der Waals surface area contributed by atoms with E-state index in [1.165, 1.54) is 0 Å². The number of nitrogens with one attached hydrogen (secondary N) is 1. The van der Waals surface area contributed by atoms with Gasteiger partial charge in [0.05, 0.1) is 17.3 Å². The van der Waals surface area contributed by atoms with E-state index in [2.05, 4.69) is 22.3 Å². The molecule has 1 saturated heterocycles. The summed E-state index contributed by atoms with van der Waals surface area (Å²) in [6.45, 7) is 3.79. The number of amides is 1. The Labute approximate surface area is 123 Å². The zero-order valence-electron chi connectivity index (χ0n) is 12.2. The van der Waals surface area contributed by atoms with Crippen molar-refractivity contribution in [1.29, 1.82) is 0 Å². The highest BCUT2D eigenvalue weighted by Crippen LogP contribution is 2.34. The Morgan fingerprint density at radius 2 is 1.95 bits per heavy atom. The Morgan fingerprint density at radius 1 is 1.24 bits per heavy atom. The maximum atomic E-state index is 13.0. The van der Waals surface area contributed by atoms with E-state index in [4.69, 9.17) is 0 Å². The van der Waals surface area contributed by atoms with E-state index in [0.29, 0.717) is 11.8 Å². The molecule has 1 aliphatic carbocycles. The largest absolute Gasteiger partial charge is 0.338 e. The van der Waals surface area contributed by atoms with Crippen LogP contribution in [0.4, 0.5) is 0 Å². The molecule has 2 heterocycles. The van der Waals surface area contributed by atoms with Crippen LogP contribution >= 0.6 is 0 Å². The fourth-order valence-corrected chi connectivity index (χ4v) is 3.75. The highest BCUT2D eigenvalue weighted by atomic mass is 16.2. The van der Waals surface area contributed by atoms with Crippen LogP contribution in [0.1, 0.15) is 28.8 Å². The van der Waals surface area contributed by atoms with Gasteiger partial charge in [-0.25, -0.2) is 0 Å². The molecule has 1 N–H and O–H groups in total. The van der Waals surface area contributed by atoms with Crippen LogP contribution in [0.15, 0.2) is 30.5 Å². The summed E-state index contributed by atoms with van der Waals surface area (Å²) in [6.07, 6.45) is 8.52. The van der Waals surface area contributed by atoms with Gasteiger partial charge < -0.3 is 4.90 Å². The van der Waals surface area contributed by atoms with Crippen LogP contribution in [-0.2, 0) is 0 Å². The average molecular weight is 281 g/mol. The van der Waals surface area contributed by atoms with Crippen LogP contribution in [0, 0.1) is 18.8 Å². The van der Waals surface area contributed by atoms with E-state index in [9.17, 15) is 4.79 Å². The number of carbonyl (C=O) groups excluding carboxylic acids is 1. The first kappa shape index (κ1) is 12.6. The molecule has 0 radical (unpaired) electrons. The molecule has 1 aromatic carbocycles. The first-order valence-electron chi connectivity index (χ1n) is 7.61. The summed E-state index contributed by atoms with van der Waals surface area (Å²) in [5.41, 5.74) is 2.77. The van der Waals surface area contributed by atoms with E-state index in [1.807, 2.05) is 24.0 Å². The number of fused-ring (bicyclic) bond motifs is 2. The van der Waals surface area contributed by atoms with E-state index in [0.717, 1.165) is 48.0 Å². The first-order valence-corrected chi connectivity index (χ1v) is 7.61. The van der Waals surface area contributed by atoms with E-state index < -0.39 is 0 Å². The average Bonchev–Trinajstić information content (AvgIpc) is 3.12. The number of hydrogen-bond donors (Lipinski definition) is 1. The molecule has 1 fully saturated rings. The lowest BCUT2D eigenvalue weighted by Crippen LogP contribution is -2.29. The normalized spacial score (nSPS) is 24.5. The van der Waals surface area contributed by atoms with Crippen molar-refractivity contribution in [3.63, 3.8) is 0 Å². The van der Waals surface area contributed by atoms with Crippen LogP contribution < -0.4 is 0 Å². The number of likely N-dealkylation sites (tertiary alicyclic amines) is 1. The Bertz CT molecular complexity index is 715. The zero-order chi connectivity index (χ0) is 14.4. The number of carbonyl (C=O) groups is 1. The first-order chi connectivity index (χ1) is 10.2. The summed E-state index contributed by atoms with van der Waals surface area (Å²) >= 11 is 0. The van der Waals surface area contributed by atoms with Crippen molar-refractivity contribution in [2.75, 3.05) is 13.1 Å². The Hall–Kier alpha value is -2.10. The van der Waals surface area contributed by atoms with Gasteiger partial charge >= 0.3 is 0 Å². The van der Waals surface area contributed by atoms with Gasteiger partial charge in [0.2, 0.25) is 0 Å². The molecule has 4 rings (SSSR count). The molecule has 2 atom stereocenters. The van der Waals surface area contributed by atoms with Crippen molar-refractivity contribution in [3.05, 3.63) is 41.6 Å². The van der Waals surface area contributed by atoms with Crippen molar-refractivity contribution in [2.24, 2.45) is 11.8 Å². The minimum Gasteiger partial charge on any atom is -0.338 e. The molecule has 21 heavy (non-hydrogen) atoms. The van der Waals surface area contributed by atoms with Gasteiger partial charge in [-0.15, -0.1) is 0 Å². The molecule has 2 aliphatic rings. The molecule has 4 heteroatoms. The second-order valence-corrected chi connectivity index (χ2v) is 6.26. The maximum Gasteiger partial charge on any atom is 0.254 e. The van der Waals surface area contributed by atoms with Crippen LogP contribution in [0.5, 0.6) is 0 Å². The van der Waals surface area contributed by atoms with Crippen molar-refractivity contribution < 1.29 is 4.79 Å². The molecule has 1 aliphatic heterocycles. The topological polar surface area (TPSA) is 49.0 Å². The number of H-pyrrole nitrogens is 1. The molecule has 0 saturated carbocycles. The van der Waals surface area contributed by atoms with Crippen molar-refractivity contribution in [3.8, 4) is 0 Å². The lowest BCUT2D eigenvalue weighted by Gasteiger charge is -2.18. The van der Waals surface area contributed by atoms with Gasteiger partial charge in [-0.2, -0.15) is 5.10 Å². The Morgan fingerprint density at radius 3 is 2.67 bits per heavy atom. The molecule has 0 unspecified atom stereocenters. The highest BCUT2D eigenvalue weighted by molar-refractivity contribution is 6.07. The number of nitrogens with zero attached hydrogens (tertiary/aromatic N) is 2. The van der Waals surface area contributed by atoms with Gasteiger partial charge in [0.15, 0.2) is 0 Å². The molecular weight excluding hydrogens is 262 g/mol. The minimum absolute atomic E-state index is 0.161. The third-order valence-corrected chi connectivity index (χ3v) is 4.95. The van der Waals surface area contributed by atoms with E-state index >= 15 is 0 Å². The monoisotopic (exact) mass is 281 g/mol. The number of allylic oxidation sites excluding steroid dienone is 2. The van der Waals surface area contributed by atoms with E-state index in [1.54, 1.807) is 6.20 Å². The summed E-state index contributed by atoms with van der Waals surface area (Å²) in [5, 5.41) is 7.97. The summed E-state index contributed by atoms with van der Waals surface area (Å²) in [5.74, 6) is 1.44. The minimum atomic E-state index is 0.161. The van der Waals surface area contributed by atoms with Crippen LogP contribution in [0.2, 0.25) is 0 Å². The van der Waals surface area contributed by atoms with E-state index in [-0.39, 0.29) is 5.91 Å². The molecule has 0 spiro atoms. The van der Waals surface area contributed by atoms with Crippen molar-refractivity contribution >= 4 is 16.8 Å². The summed E-state index contributed by atoms with van der Waals surface area (Å²) in [6, 6.07) is 3.99. The fourth-order valence-electron chi connectivity index (χ4n) is 3.75. The quantitative estimate of drug-likeness (QED) is 0.817. The lowest BCUT2D eigenvalue weighted by molar-refractivity contribution is 0.0785. The third kappa shape index (κ3) is 1.97. The van der Waals surface area contributed by atoms with Gasteiger partial charge in [-0.1, -0.05) is 18.2 Å². The Balaban J connectivity index is 1.68. The number of rotatable bonds is 1. The lowest BCUT2D eigenvalue weighted by atomic mass is 9.86. The molecule has 1 aromatic heterocycles. The maximum absolute atomic E-state index is 13.0. The van der Waals surface area contributed by atoms with Crippen molar-refractivity contribution in [1.82, 2.24) is 15.1 Å². The molecule has 4 nitrogen and oxygen atoms in total. The van der Waals surface area contributed by atoms with Crippen LogP contribution in [0.3, 0.4) is 0 Å². The van der Waals surface area contributed by atoms with Crippen LogP contribution in [0.25, 0.3) is 10.9 Å². The second kappa shape index (κ2) is 4.72. The number of hydrogen-bond acceptors (Lipinski definition) is 2. The summed E-state index contributed by atoms with van der Waals surface area (Å²) < 4.78 is 0. The molecular formula is C17H19N3O. The fraction of sp³-hybridized carbons (Fsp3) is 0.412. The van der Waals surface area contributed by atoms with Gasteiger partial charge in [-0.3, -0.25) is 9.89 Å². The zero-order valence-corrected chi connectivity index (χ0v) is 12.2. The molecule has 1 amide bonds. The van der Waals surface area contributed by atoms with Gasteiger partial charge in [0.25, 0.3) is 5.91 Å². The number of benzene rings is 1. The molecule has 0 bridgehead atoms. The predicted molar refractivity (Wildman–Crippen MR) is 82.1 cm³/mol. The molecule has 2 aromatic rings. The van der Waals surface area contributed by atoms with Gasteiger partial charge in [-0.05, 0) is 43.2 Å². The predicted octanol–water partition coefficient (Wildman–Crippen LogP) is 2.91. The third-order valence-electron chi connectivity index (χ3n) is 4.95. The van der Waals surface area contributed by atoms with Crippen LogP contribution in [-0.4, -0.2) is 34.1 Å². The number of aromatic nitrogens is 2. The second-order valence-electron chi connectivity index (χ2n) is 6.26. The van der Waals surface area contributed by atoms with Crippen molar-refractivity contribution in [2.45, 2.75) is 19.8 Å².